The van der Waals surface area contributed by atoms with Crippen molar-refractivity contribution in [1.29, 1.82) is 0 Å². The van der Waals surface area contributed by atoms with Crippen molar-refractivity contribution in [3.8, 4) is 0 Å². The van der Waals surface area contributed by atoms with E-state index in [0.29, 0.717) is 16.6 Å². The van der Waals surface area contributed by atoms with Gasteiger partial charge in [-0.05, 0) is 42.5 Å². The van der Waals surface area contributed by atoms with E-state index in [0.717, 1.165) is 0 Å². The number of benzene rings is 1. The Balaban J connectivity index is 1.98. The van der Waals surface area contributed by atoms with E-state index in [1.165, 1.54) is 12.1 Å². The maximum Gasteiger partial charge on any atom is 0.176 e. The van der Waals surface area contributed by atoms with Gasteiger partial charge in [-0.1, -0.05) is 12.1 Å². The molecule has 0 amide bonds. The summed E-state index contributed by atoms with van der Waals surface area (Å²) >= 11 is 5.08. The highest BCUT2D eigenvalue weighted by Crippen LogP contribution is 2.09. The number of hydrogen-bond acceptors (Lipinski definition) is 2. The Morgan fingerprint density at radius 3 is 2.71 bits per heavy atom. The number of aromatic nitrogens is 1. The average molecular weight is 247 g/mol. The second-order valence-electron chi connectivity index (χ2n) is 3.30. The Hall–Kier alpha value is -2.01. The fourth-order valence-corrected chi connectivity index (χ4v) is 1.50. The molecular weight excluding hydrogens is 237 g/mol. The van der Waals surface area contributed by atoms with Crippen molar-refractivity contribution in [2.75, 3.05) is 10.6 Å². The van der Waals surface area contributed by atoms with Crippen LogP contribution in [0.25, 0.3) is 0 Å². The minimum absolute atomic E-state index is 0.310. The summed E-state index contributed by atoms with van der Waals surface area (Å²) in [5.41, 5.74) is 0.596. The lowest BCUT2D eigenvalue weighted by Gasteiger charge is -2.09. The van der Waals surface area contributed by atoms with Crippen molar-refractivity contribution in [3.05, 3.63) is 54.5 Å². The van der Waals surface area contributed by atoms with E-state index in [1.807, 2.05) is 12.1 Å². The molecule has 0 bridgehead atoms. The van der Waals surface area contributed by atoms with Crippen LogP contribution >= 0.6 is 12.2 Å². The lowest BCUT2D eigenvalue weighted by molar-refractivity contribution is 0.628. The van der Waals surface area contributed by atoms with Gasteiger partial charge in [-0.3, -0.25) is 0 Å². The molecule has 0 saturated heterocycles. The lowest BCUT2D eigenvalue weighted by Crippen LogP contribution is -2.19. The van der Waals surface area contributed by atoms with Crippen LogP contribution in [0.15, 0.2) is 48.7 Å². The van der Waals surface area contributed by atoms with E-state index in [4.69, 9.17) is 12.2 Å². The molecule has 1 heterocycles. The maximum atomic E-state index is 12.9. The van der Waals surface area contributed by atoms with Gasteiger partial charge in [0.2, 0.25) is 0 Å². The maximum absolute atomic E-state index is 12.9. The molecule has 2 rings (SSSR count). The van der Waals surface area contributed by atoms with E-state index < -0.39 is 0 Å². The first-order chi connectivity index (χ1) is 8.24. The summed E-state index contributed by atoms with van der Waals surface area (Å²) in [5.74, 6) is 0.331. The molecule has 2 N–H and O–H groups in total. The van der Waals surface area contributed by atoms with Gasteiger partial charge in [0.25, 0.3) is 0 Å². The summed E-state index contributed by atoms with van der Waals surface area (Å²) in [4.78, 5) is 4.07. The van der Waals surface area contributed by atoms with Crippen LogP contribution in [0.3, 0.4) is 0 Å². The number of nitrogens with one attached hydrogen (secondary N) is 2. The Bertz CT molecular complexity index is 516. The van der Waals surface area contributed by atoms with E-state index in [-0.39, 0.29) is 5.82 Å². The van der Waals surface area contributed by atoms with Crippen LogP contribution in [-0.4, -0.2) is 10.1 Å². The topological polar surface area (TPSA) is 37.0 Å². The lowest BCUT2D eigenvalue weighted by atomic mass is 10.3. The first kappa shape index (κ1) is 11.5. The summed E-state index contributed by atoms with van der Waals surface area (Å²) < 4.78 is 12.9. The van der Waals surface area contributed by atoms with Crippen molar-refractivity contribution in [2.45, 2.75) is 0 Å². The molecule has 0 spiro atoms. The molecule has 0 radical (unpaired) electrons. The van der Waals surface area contributed by atoms with Crippen LogP contribution in [0.1, 0.15) is 0 Å². The third kappa shape index (κ3) is 3.49. The number of nitrogens with zero attached hydrogens (tertiary/aromatic N) is 1. The van der Waals surface area contributed by atoms with Gasteiger partial charge in [0.15, 0.2) is 5.11 Å². The highest BCUT2D eigenvalue weighted by Gasteiger charge is 1.99. The first-order valence-electron chi connectivity index (χ1n) is 4.98. The Morgan fingerprint density at radius 2 is 2.00 bits per heavy atom. The Kier molecular flexibility index (Phi) is 3.62. The number of pyridine rings is 1. The monoisotopic (exact) mass is 247 g/mol. The molecule has 0 fully saturated rings. The molecular formula is C12H10FN3S. The molecule has 1 aromatic carbocycles. The second kappa shape index (κ2) is 5.36. The van der Waals surface area contributed by atoms with E-state index >= 15 is 0 Å². The minimum atomic E-state index is -0.310. The number of rotatable bonds is 2. The number of thiocarbonyl (C=S) groups is 1. The molecule has 2 aromatic rings. The third-order valence-electron chi connectivity index (χ3n) is 1.99. The molecule has 0 unspecified atom stereocenters. The van der Waals surface area contributed by atoms with Gasteiger partial charge in [-0.2, -0.15) is 0 Å². The van der Waals surface area contributed by atoms with Crippen molar-refractivity contribution in [3.63, 3.8) is 0 Å². The van der Waals surface area contributed by atoms with Crippen molar-refractivity contribution in [2.24, 2.45) is 0 Å². The summed E-state index contributed by atoms with van der Waals surface area (Å²) in [7, 11) is 0. The van der Waals surface area contributed by atoms with Gasteiger partial charge in [-0.15, -0.1) is 0 Å². The molecule has 1 aromatic heterocycles. The van der Waals surface area contributed by atoms with Crippen LogP contribution in [0.4, 0.5) is 15.9 Å². The number of halogens is 1. The highest BCUT2D eigenvalue weighted by atomic mass is 32.1. The second-order valence-corrected chi connectivity index (χ2v) is 3.71. The molecule has 0 saturated carbocycles. The van der Waals surface area contributed by atoms with Crippen LogP contribution in [-0.2, 0) is 0 Å². The van der Waals surface area contributed by atoms with Crippen LogP contribution < -0.4 is 10.6 Å². The zero-order valence-electron chi connectivity index (χ0n) is 8.85. The smallest absolute Gasteiger partial charge is 0.176 e. The normalized spacial score (nSPS) is 9.71. The van der Waals surface area contributed by atoms with E-state index in [1.54, 1.807) is 24.4 Å². The zero-order valence-corrected chi connectivity index (χ0v) is 9.67. The summed E-state index contributed by atoms with van der Waals surface area (Å²) in [6, 6.07) is 11.5. The Morgan fingerprint density at radius 1 is 1.12 bits per heavy atom. The molecule has 3 nitrogen and oxygen atoms in total. The van der Waals surface area contributed by atoms with Gasteiger partial charge in [0.1, 0.15) is 11.6 Å². The van der Waals surface area contributed by atoms with Gasteiger partial charge in [-0.25, -0.2) is 9.37 Å². The third-order valence-corrected chi connectivity index (χ3v) is 2.19. The van der Waals surface area contributed by atoms with Crippen molar-refractivity contribution >= 4 is 28.8 Å². The fraction of sp³-hybridized carbons (Fsp3) is 0. The van der Waals surface area contributed by atoms with Crippen LogP contribution in [0.2, 0.25) is 0 Å². The van der Waals surface area contributed by atoms with Crippen molar-refractivity contribution < 1.29 is 4.39 Å². The quantitative estimate of drug-likeness (QED) is 0.800. The highest BCUT2D eigenvalue weighted by molar-refractivity contribution is 7.80. The molecule has 86 valence electrons. The summed E-state index contributed by atoms with van der Waals surface area (Å²) in [6.45, 7) is 0. The minimum Gasteiger partial charge on any atom is -0.332 e. The van der Waals surface area contributed by atoms with Crippen LogP contribution in [0, 0.1) is 5.82 Å². The molecule has 0 aliphatic carbocycles. The molecule has 0 aliphatic rings. The SMILES string of the molecule is Fc1cccc(NC(=S)Nc2ccccn2)c1. The molecule has 0 atom stereocenters. The average Bonchev–Trinajstić information content (AvgIpc) is 2.30. The van der Waals surface area contributed by atoms with Gasteiger partial charge < -0.3 is 10.6 Å². The van der Waals surface area contributed by atoms with Gasteiger partial charge >= 0.3 is 0 Å². The fourth-order valence-electron chi connectivity index (χ4n) is 1.28. The molecule has 5 heteroatoms. The summed E-state index contributed by atoms with van der Waals surface area (Å²) in [5, 5.41) is 6.14. The van der Waals surface area contributed by atoms with Crippen molar-refractivity contribution in [1.82, 2.24) is 4.98 Å². The van der Waals surface area contributed by atoms with E-state index in [9.17, 15) is 4.39 Å². The van der Waals surface area contributed by atoms with Gasteiger partial charge in [0, 0.05) is 11.9 Å². The standard InChI is InChI=1S/C12H10FN3S/c13-9-4-3-5-10(8-9)15-12(17)16-11-6-1-2-7-14-11/h1-8H,(H2,14,15,16,17). The predicted molar refractivity (Wildman–Crippen MR) is 70.5 cm³/mol. The summed E-state index contributed by atoms with van der Waals surface area (Å²) in [6.07, 6.45) is 1.66. The largest absolute Gasteiger partial charge is 0.332 e. The molecule has 17 heavy (non-hydrogen) atoms. The van der Waals surface area contributed by atoms with Gasteiger partial charge in [0.05, 0.1) is 0 Å². The zero-order chi connectivity index (χ0) is 12.1. The predicted octanol–water partition coefficient (Wildman–Crippen LogP) is 3.03. The Labute approximate surface area is 104 Å². The molecule has 0 aliphatic heterocycles. The first-order valence-corrected chi connectivity index (χ1v) is 5.39. The van der Waals surface area contributed by atoms with Crippen LogP contribution in [0.5, 0.6) is 0 Å². The number of hydrogen-bond donors (Lipinski definition) is 2. The van der Waals surface area contributed by atoms with E-state index in [2.05, 4.69) is 15.6 Å². The number of anilines is 2.